The zero-order valence-corrected chi connectivity index (χ0v) is 11.7. The SMILES string of the molecule is CSC1CCCC1Nc1cc(C(F)(F)F)nc(Cl)n1. The van der Waals surface area contributed by atoms with Gasteiger partial charge in [0.1, 0.15) is 5.82 Å². The molecule has 0 spiro atoms. The van der Waals surface area contributed by atoms with Gasteiger partial charge in [-0.1, -0.05) is 6.42 Å². The highest BCUT2D eigenvalue weighted by molar-refractivity contribution is 7.99. The summed E-state index contributed by atoms with van der Waals surface area (Å²) < 4.78 is 37.9. The fourth-order valence-corrected chi connectivity index (χ4v) is 3.32. The summed E-state index contributed by atoms with van der Waals surface area (Å²) in [6, 6.07) is 1.03. The second kappa shape index (κ2) is 5.75. The maximum Gasteiger partial charge on any atom is 0.433 e. The molecule has 1 saturated carbocycles. The van der Waals surface area contributed by atoms with Gasteiger partial charge >= 0.3 is 6.18 Å². The Morgan fingerprint density at radius 3 is 2.74 bits per heavy atom. The van der Waals surface area contributed by atoms with E-state index < -0.39 is 17.2 Å². The van der Waals surface area contributed by atoms with Crippen molar-refractivity contribution in [3.63, 3.8) is 0 Å². The van der Waals surface area contributed by atoms with Crippen molar-refractivity contribution in [2.45, 2.75) is 36.7 Å². The third-order valence-electron chi connectivity index (χ3n) is 3.08. The van der Waals surface area contributed by atoms with Crippen LogP contribution in [0.25, 0.3) is 0 Å². The van der Waals surface area contributed by atoms with Crippen LogP contribution in [0.1, 0.15) is 25.0 Å². The Bertz CT molecular complexity index is 455. The van der Waals surface area contributed by atoms with Crippen LogP contribution in [-0.4, -0.2) is 27.5 Å². The zero-order chi connectivity index (χ0) is 14.0. The fraction of sp³-hybridized carbons (Fsp3) is 0.636. The minimum absolute atomic E-state index is 0.127. The van der Waals surface area contributed by atoms with Gasteiger partial charge in [-0.2, -0.15) is 24.9 Å². The lowest BCUT2D eigenvalue weighted by Gasteiger charge is -2.20. The molecule has 1 heterocycles. The van der Waals surface area contributed by atoms with Crippen molar-refractivity contribution in [2.24, 2.45) is 0 Å². The lowest BCUT2D eigenvalue weighted by atomic mass is 10.2. The molecule has 2 atom stereocenters. The molecule has 0 aliphatic heterocycles. The predicted octanol–water partition coefficient (Wildman–Crippen LogP) is 3.84. The van der Waals surface area contributed by atoms with Crippen LogP contribution in [0.15, 0.2) is 6.07 Å². The molecule has 1 fully saturated rings. The van der Waals surface area contributed by atoms with E-state index in [1.165, 1.54) is 0 Å². The van der Waals surface area contributed by atoms with Crippen LogP contribution < -0.4 is 5.32 Å². The summed E-state index contributed by atoms with van der Waals surface area (Å²) in [4.78, 5) is 7.02. The summed E-state index contributed by atoms with van der Waals surface area (Å²) in [5.74, 6) is 0.137. The van der Waals surface area contributed by atoms with Crippen LogP contribution >= 0.6 is 23.4 Å². The van der Waals surface area contributed by atoms with Gasteiger partial charge in [-0.25, -0.2) is 9.97 Å². The first-order valence-corrected chi connectivity index (χ1v) is 7.48. The van der Waals surface area contributed by atoms with Crippen LogP contribution in [-0.2, 0) is 6.18 Å². The van der Waals surface area contributed by atoms with Gasteiger partial charge in [0.05, 0.1) is 0 Å². The van der Waals surface area contributed by atoms with E-state index >= 15 is 0 Å². The monoisotopic (exact) mass is 311 g/mol. The molecule has 0 amide bonds. The maximum absolute atomic E-state index is 12.6. The van der Waals surface area contributed by atoms with Crippen molar-refractivity contribution in [3.8, 4) is 0 Å². The molecule has 1 N–H and O–H groups in total. The zero-order valence-electron chi connectivity index (χ0n) is 10.2. The molecule has 0 aromatic carbocycles. The molecule has 1 aliphatic carbocycles. The number of anilines is 1. The molecule has 1 aromatic heterocycles. The highest BCUT2D eigenvalue weighted by atomic mass is 35.5. The number of halogens is 4. The van der Waals surface area contributed by atoms with Crippen LogP contribution in [0.5, 0.6) is 0 Å². The molecule has 2 rings (SSSR count). The Kier molecular flexibility index (Phi) is 4.45. The quantitative estimate of drug-likeness (QED) is 0.861. The molecule has 0 saturated heterocycles. The lowest BCUT2D eigenvalue weighted by molar-refractivity contribution is -0.141. The number of rotatable bonds is 3. The molecule has 1 aromatic rings. The van der Waals surface area contributed by atoms with E-state index in [1.54, 1.807) is 11.8 Å². The molecule has 1 aliphatic rings. The van der Waals surface area contributed by atoms with Gasteiger partial charge in [0.25, 0.3) is 0 Å². The van der Waals surface area contributed by atoms with Gasteiger partial charge in [0.2, 0.25) is 5.28 Å². The van der Waals surface area contributed by atoms with Gasteiger partial charge in [0, 0.05) is 17.4 Å². The number of thioether (sulfide) groups is 1. The predicted molar refractivity (Wildman–Crippen MR) is 70.6 cm³/mol. The molecule has 3 nitrogen and oxygen atoms in total. The van der Waals surface area contributed by atoms with E-state index in [4.69, 9.17) is 11.6 Å². The highest BCUT2D eigenvalue weighted by Crippen LogP contribution is 2.33. The second-order valence-electron chi connectivity index (χ2n) is 4.36. The van der Waals surface area contributed by atoms with Gasteiger partial charge in [-0.3, -0.25) is 0 Å². The normalized spacial score (nSPS) is 23.6. The van der Waals surface area contributed by atoms with Crippen LogP contribution in [0.4, 0.5) is 19.0 Å². The number of aromatic nitrogens is 2. The van der Waals surface area contributed by atoms with E-state index in [0.717, 1.165) is 25.3 Å². The number of hydrogen-bond acceptors (Lipinski definition) is 4. The largest absolute Gasteiger partial charge is 0.433 e. The number of hydrogen-bond donors (Lipinski definition) is 1. The van der Waals surface area contributed by atoms with E-state index in [1.807, 2.05) is 6.26 Å². The molecular weight excluding hydrogens is 299 g/mol. The smallest absolute Gasteiger partial charge is 0.366 e. The van der Waals surface area contributed by atoms with Crippen molar-refractivity contribution >= 4 is 29.2 Å². The third kappa shape index (κ3) is 3.66. The minimum atomic E-state index is -4.52. The van der Waals surface area contributed by atoms with Crippen molar-refractivity contribution in [2.75, 3.05) is 11.6 Å². The molecule has 19 heavy (non-hydrogen) atoms. The Balaban J connectivity index is 2.18. The van der Waals surface area contributed by atoms with Crippen LogP contribution in [0, 0.1) is 0 Å². The summed E-state index contributed by atoms with van der Waals surface area (Å²) in [6.45, 7) is 0. The minimum Gasteiger partial charge on any atom is -0.366 e. The molecule has 106 valence electrons. The summed E-state index contributed by atoms with van der Waals surface area (Å²) in [6.07, 6.45) is 0.530. The van der Waals surface area contributed by atoms with Crippen LogP contribution in [0.2, 0.25) is 5.28 Å². The first kappa shape index (κ1) is 14.7. The van der Waals surface area contributed by atoms with Crippen LogP contribution in [0.3, 0.4) is 0 Å². The number of nitrogens with one attached hydrogen (secondary N) is 1. The topological polar surface area (TPSA) is 37.8 Å². The van der Waals surface area contributed by atoms with E-state index in [0.29, 0.717) is 5.25 Å². The third-order valence-corrected chi connectivity index (χ3v) is 4.42. The fourth-order valence-electron chi connectivity index (χ4n) is 2.20. The number of alkyl halides is 3. The molecule has 0 radical (unpaired) electrons. The Hall–Kier alpha value is -0.690. The molecular formula is C11H13ClF3N3S. The standard InChI is InChI=1S/C11H13ClF3N3S/c1-19-7-4-2-3-6(7)16-9-5-8(11(13,14)15)17-10(12)18-9/h5-7H,2-4H2,1H3,(H,16,17,18). The lowest BCUT2D eigenvalue weighted by Crippen LogP contribution is -2.26. The summed E-state index contributed by atoms with van der Waals surface area (Å²) in [5, 5.41) is 3.04. The van der Waals surface area contributed by atoms with Crippen molar-refractivity contribution in [1.29, 1.82) is 0 Å². The number of nitrogens with zero attached hydrogens (tertiary/aromatic N) is 2. The van der Waals surface area contributed by atoms with Gasteiger partial charge in [-0.05, 0) is 30.7 Å². The first-order valence-electron chi connectivity index (χ1n) is 5.81. The van der Waals surface area contributed by atoms with E-state index in [9.17, 15) is 13.2 Å². The molecule has 0 bridgehead atoms. The van der Waals surface area contributed by atoms with Crippen molar-refractivity contribution < 1.29 is 13.2 Å². The van der Waals surface area contributed by atoms with Gasteiger partial charge in [0.15, 0.2) is 5.69 Å². The Labute approximate surface area is 118 Å². The first-order chi connectivity index (χ1) is 8.90. The maximum atomic E-state index is 12.6. The van der Waals surface area contributed by atoms with Crippen molar-refractivity contribution in [3.05, 3.63) is 17.0 Å². The summed E-state index contributed by atoms with van der Waals surface area (Å²) in [7, 11) is 0. The summed E-state index contributed by atoms with van der Waals surface area (Å²) >= 11 is 7.26. The summed E-state index contributed by atoms with van der Waals surface area (Å²) in [5.41, 5.74) is -1.02. The molecule has 8 heteroatoms. The highest BCUT2D eigenvalue weighted by Gasteiger charge is 2.34. The van der Waals surface area contributed by atoms with Gasteiger partial charge in [-0.15, -0.1) is 0 Å². The Morgan fingerprint density at radius 2 is 2.11 bits per heavy atom. The molecule has 2 unspecified atom stereocenters. The van der Waals surface area contributed by atoms with E-state index in [2.05, 4.69) is 15.3 Å². The Morgan fingerprint density at radius 1 is 1.37 bits per heavy atom. The van der Waals surface area contributed by atoms with Crippen molar-refractivity contribution in [1.82, 2.24) is 9.97 Å². The van der Waals surface area contributed by atoms with E-state index in [-0.39, 0.29) is 11.9 Å². The van der Waals surface area contributed by atoms with Gasteiger partial charge < -0.3 is 5.32 Å². The average molecular weight is 312 g/mol. The second-order valence-corrected chi connectivity index (χ2v) is 5.78. The average Bonchev–Trinajstić information content (AvgIpc) is 2.74.